The number of carbonyl (C=O) groups is 1. The minimum atomic E-state index is -0.0969. The van der Waals surface area contributed by atoms with Crippen molar-refractivity contribution in [2.24, 2.45) is 0 Å². The zero-order valence-corrected chi connectivity index (χ0v) is 20.5. The van der Waals surface area contributed by atoms with E-state index in [4.69, 9.17) is 11.6 Å². The van der Waals surface area contributed by atoms with Gasteiger partial charge in [0.2, 0.25) is 5.91 Å². The van der Waals surface area contributed by atoms with Gasteiger partial charge in [0.25, 0.3) is 0 Å². The highest BCUT2D eigenvalue weighted by Crippen LogP contribution is 2.37. The molecule has 0 atom stereocenters. The first-order valence-corrected chi connectivity index (χ1v) is 12.8. The Bertz CT molecular complexity index is 1180. The first-order chi connectivity index (χ1) is 15.5. The van der Waals surface area contributed by atoms with Crippen LogP contribution in [0.5, 0.6) is 0 Å². The molecule has 0 bridgehead atoms. The highest BCUT2D eigenvalue weighted by atomic mass is 35.5. The number of aryl methyl sites for hydroxylation is 1. The van der Waals surface area contributed by atoms with Crippen LogP contribution in [0.3, 0.4) is 0 Å². The highest BCUT2D eigenvalue weighted by molar-refractivity contribution is 7.98. The maximum absolute atomic E-state index is 12.6. The van der Waals surface area contributed by atoms with Gasteiger partial charge in [-0.1, -0.05) is 41.4 Å². The molecule has 0 spiro atoms. The standard InChI is InChI=1S/C25H24ClN3OS2/c1-16-3-8-22(26)18(11-16)14-29-10-9-20-21(13-27)25(32-23(20)15-29)28-24(30)12-17-4-6-19(31-2)7-5-17/h3-8,11H,9-10,12,14-15H2,1-2H3,(H,28,30). The Balaban J connectivity index is 1.46. The fourth-order valence-corrected chi connectivity index (χ4v) is 5.81. The van der Waals surface area contributed by atoms with Crippen molar-refractivity contribution >= 4 is 45.6 Å². The van der Waals surface area contributed by atoms with Crippen LogP contribution in [0, 0.1) is 18.3 Å². The third-order valence-electron chi connectivity index (χ3n) is 5.62. The second kappa shape index (κ2) is 10.1. The van der Waals surface area contributed by atoms with Crippen molar-refractivity contribution in [3.05, 3.63) is 80.2 Å². The van der Waals surface area contributed by atoms with Crippen molar-refractivity contribution in [1.29, 1.82) is 5.26 Å². The number of fused-ring (bicyclic) bond motifs is 1. The summed E-state index contributed by atoms with van der Waals surface area (Å²) in [6.07, 6.45) is 3.12. The Morgan fingerprint density at radius 3 is 2.78 bits per heavy atom. The Hall–Kier alpha value is -2.30. The summed E-state index contributed by atoms with van der Waals surface area (Å²) in [5.41, 5.74) is 4.96. The Morgan fingerprint density at radius 1 is 1.28 bits per heavy atom. The number of benzene rings is 2. The van der Waals surface area contributed by atoms with E-state index in [9.17, 15) is 10.1 Å². The van der Waals surface area contributed by atoms with Crippen LogP contribution in [0.2, 0.25) is 5.02 Å². The Labute approximate surface area is 202 Å². The fraction of sp³-hybridized carbons (Fsp3) is 0.280. The van der Waals surface area contributed by atoms with Crippen LogP contribution in [-0.4, -0.2) is 23.6 Å². The number of anilines is 1. The molecule has 1 aliphatic rings. The molecule has 1 aliphatic heterocycles. The van der Waals surface area contributed by atoms with Gasteiger partial charge in [0.15, 0.2) is 0 Å². The van der Waals surface area contributed by atoms with Gasteiger partial charge >= 0.3 is 0 Å². The number of hydrogen-bond acceptors (Lipinski definition) is 5. The number of thioether (sulfide) groups is 1. The van der Waals surface area contributed by atoms with Crippen LogP contribution in [0.4, 0.5) is 5.00 Å². The lowest BCUT2D eigenvalue weighted by atomic mass is 10.0. The molecule has 0 radical (unpaired) electrons. The van der Waals surface area contributed by atoms with E-state index in [1.807, 2.05) is 42.7 Å². The van der Waals surface area contributed by atoms with Crippen LogP contribution >= 0.6 is 34.7 Å². The fourth-order valence-electron chi connectivity index (χ4n) is 3.96. The lowest BCUT2D eigenvalue weighted by molar-refractivity contribution is -0.115. The number of nitriles is 1. The number of halogens is 1. The van der Waals surface area contributed by atoms with Gasteiger partial charge in [-0.25, -0.2) is 0 Å². The third kappa shape index (κ3) is 5.19. The molecule has 3 aromatic rings. The normalized spacial score (nSPS) is 13.4. The summed E-state index contributed by atoms with van der Waals surface area (Å²) in [4.78, 5) is 17.3. The molecule has 32 heavy (non-hydrogen) atoms. The van der Waals surface area contributed by atoms with E-state index in [1.165, 1.54) is 21.8 Å². The number of rotatable bonds is 6. The SMILES string of the molecule is CSc1ccc(CC(=O)Nc2sc3c(c2C#N)CCN(Cc2cc(C)ccc2Cl)C3)cc1. The second-order valence-electron chi connectivity index (χ2n) is 7.95. The topological polar surface area (TPSA) is 56.1 Å². The van der Waals surface area contributed by atoms with Crippen LogP contribution in [0.25, 0.3) is 0 Å². The molecule has 164 valence electrons. The molecule has 2 heterocycles. The minimum Gasteiger partial charge on any atom is -0.316 e. The first kappa shape index (κ1) is 22.9. The monoisotopic (exact) mass is 481 g/mol. The molecule has 4 nitrogen and oxygen atoms in total. The van der Waals surface area contributed by atoms with Crippen molar-refractivity contribution in [2.75, 3.05) is 18.1 Å². The predicted molar refractivity (Wildman–Crippen MR) is 134 cm³/mol. The molecule has 0 fully saturated rings. The summed E-state index contributed by atoms with van der Waals surface area (Å²) < 4.78 is 0. The van der Waals surface area contributed by atoms with Gasteiger partial charge in [-0.05, 0) is 54.5 Å². The molecule has 1 N–H and O–H groups in total. The van der Waals surface area contributed by atoms with E-state index < -0.39 is 0 Å². The van der Waals surface area contributed by atoms with E-state index in [-0.39, 0.29) is 5.91 Å². The van der Waals surface area contributed by atoms with Gasteiger partial charge < -0.3 is 5.32 Å². The van der Waals surface area contributed by atoms with Gasteiger partial charge in [-0.15, -0.1) is 23.1 Å². The second-order valence-corrected chi connectivity index (χ2v) is 10.3. The summed E-state index contributed by atoms with van der Waals surface area (Å²) in [6, 6.07) is 16.4. The molecule has 7 heteroatoms. The average Bonchev–Trinajstić information content (AvgIpc) is 3.12. The smallest absolute Gasteiger partial charge is 0.229 e. The molecule has 0 unspecified atom stereocenters. The number of carbonyl (C=O) groups excluding carboxylic acids is 1. The maximum atomic E-state index is 12.6. The highest BCUT2D eigenvalue weighted by Gasteiger charge is 2.25. The van der Waals surface area contributed by atoms with Gasteiger partial charge in [-0.3, -0.25) is 9.69 Å². The minimum absolute atomic E-state index is 0.0969. The molecular formula is C25H24ClN3OS2. The first-order valence-electron chi connectivity index (χ1n) is 10.4. The quantitative estimate of drug-likeness (QED) is 0.436. The largest absolute Gasteiger partial charge is 0.316 e. The van der Waals surface area contributed by atoms with E-state index in [0.717, 1.165) is 52.6 Å². The summed E-state index contributed by atoms with van der Waals surface area (Å²) in [7, 11) is 0. The zero-order valence-electron chi connectivity index (χ0n) is 18.1. The van der Waals surface area contributed by atoms with E-state index in [0.29, 0.717) is 17.0 Å². The summed E-state index contributed by atoms with van der Waals surface area (Å²) in [6.45, 7) is 4.45. The van der Waals surface area contributed by atoms with Crippen LogP contribution in [0.1, 0.15) is 32.7 Å². The molecule has 0 saturated heterocycles. The van der Waals surface area contributed by atoms with E-state index >= 15 is 0 Å². The summed E-state index contributed by atoms with van der Waals surface area (Å²) in [5.74, 6) is -0.0969. The lowest BCUT2D eigenvalue weighted by Crippen LogP contribution is -2.29. The molecule has 0 saturated carbocycles. The number of nitrogens with zero attached hydrogens (tertiary/aromatic N) is 2. The molecule has 1 amide bonds. The van der Waals surface area contributed by atoms with Crippen LogP contribution in [0.15, 0.2) is 47.4 Å². The molecule has 1 aromatic heterocycles. The average molecular weight is 482 g/mol. The van der Waals surface area contributed by atoms with Crippen molar-refractivity contribution in [3.63, 3.8) is 0 Å². The maximum Gasteiger partial charge on any atom is 0.229 e. The van der Waals surface area contributed by atoms with Crippen LogP contribution < -0.4 is 5.32 Å². The van der Waals surface area contributed by atoms with E-state index in [2.05, 4.69) is 29.3 Å². The Kier molecular flexibility index (Phi) is 7.22. The molecular weight excluding hydrogens is 458 g/mol. The lowest BCUT2D eigenvalue weighted by Gasteiger charge is -2.27. The molecule has 2 aromatic carbocycles. The number of hydrogen-bond donors (Lipinski definition) is 1. The molecule has 0 aliphatic carbocycles. The van der Waals surface area contributed by atoms with Gasteiger partial charge in [0, 0.05) is 34.4 Å². The summed E-state index contributed by atoms with van der Waals surface area (Å²) in [5, 5.41) is 14.2. The van der Waals surface area contributed by atoms with Gasteiger partial charge in [0.05, 0.1) is 12.0 Å². The summed E-state index contributed by atoms with van der Waals surface area (Å²) >= 11 is 9.59. The number of nitrogens with one attached hydrogen (secondary N) is 1. The number of amides is 1. The van der Waals surface area contributed by atoms with Crippen molar-refractivity contribution in [2.45, 2.75) is 37.8 Å². The Morgan fingerprint density at radius 2 is 2.06 bits per heavy atom. The number of thiophene rings is 1. The van der Waals surface area contributed by atoms with Crippen LogP contribution in [-0.2, 0) is 30.7 Å². The van der Waals surface area contributed by atoms with E-state index in [1.54, 1.807) is 11.8 Å². The van der Waals surface area contributed by atoms with Gasteiger partial charge in [0.1, 0.15) is 11.1 Å². The molecule has 4 rings (SSSR count). The van der Waals surface area contributed by atoms with Crippen molar-refractivity contribution < 1.29 is 4.79 Å². The van der Waals surface area contributed by atoms with Crippen molar-refractivity contribution in [3.8, 4) is 6.07 Å². The third-order valence-corrected chi connectivity index (χ3v) is 7.86. The zero-order chi connectivity index (χ0) is 22.7. The van der Waals surface area contributed by atoms with Crippen molar-refractivity contribution in [1.82, 2.24) is 4.90 Å². The van der Waals surface area contributed by atoms with Gasteiger partial charge in [-0.2, -0.15) is 5.26 Å². The predicted octanol–water partition coefficient (Wildman–Crippen LogP) is 6.04.